The Kier molecular flexibility index (Phi) is 17.0. The highest BCUT2D eigenvalue weighted by Gasteiger charge is 2.25. The summed E-state index contributed by atoms with van der Waals surface area (Å²) in [6, 6.07) is 13.9. The van der Waals surface area contributed by atoms with E-state index in [2.05, 4.69) is 50.0 Å². The zero-order chi connectivity index (χ0) is 55.6. The summed E-state index contributed by atoms with van der Waals surface area (Å²) in [4.78, 5) is 77.2. The fraction of sp³-hybridized carbons (Fsp3) is 0.346. The van der Waals surface area contributed by atoms with Crippen molar-refractivity contribution in [2.45, 2.75) is 117 Å². The molecule has 0 unspecified atom stereocenters. The van der Waals surface area contributed by atoms with Crippen LogP contribution in [-0.4, -0.2) is 79.8 Å². The summed E-state index contributed by atoms with van der Waals surface area (Å²) >= 11 is 2.22. The first-order chi connectivity index (χ1) is 35.7. The molecule has 0 aliphatic heterocycles. The molecular formula is C52H60N12O8S4. The molecule has 0 saturated carbocycles. The van der Waals surface area contributed by atoms with Crippen LogP contribution < -0.4 is 31.2 Å². The van der Waals surface area contributed by atoms with Gasteiger partial charge >= 0.3 is 0 Å². The summed E-state index contributed by atoms with van der Waals surface area (Å²) in [7, 11) is -7.70. The van der Waals surface area contributed by atoms with Crippen molar-refractivity contribution in [3.63, 3.8) is 0 Å². The molecule has 0 aliphatic carbocycles. The molecule has 2 aromatic carbocycles. The van der Waals surface area contributed by atoms with Crippen LogP contribution in [0.15, 0.2) is 91.6 Å². The monoisotopic (exact) mass is 1110 g/mol. The van der Waals surface area contributed by atoms with Crippen LogP contribution in [0.4, 0.5) is 11.4 Å². The van der Waals surface area contributed by atoms with Crippen molar-refractivity contribution in [3.05, 3.63) is 127 Å². The van der Waals surface area contributed by atoms with Crippen molar-refractivity contribution in [3.8, 4) is 22.3 Å². The zero-order valence-corrected chi connectivity index (χ0v) is 47.4. The molecule has 0 aliphatic rings. The number of rotatable bonds is 16. The number of aryl methyl sites for hydroxylation is 6. The highest BCUT2D eigenvalue weighted by atomic mass is 32.3. The van der Waals surface area contributed by atoms with Gasteiger partial charge < -0.3 is 10.6 Å². The number of carbonyl (C=O) groups excluding carboxylic acids is 2. The van der Waals surface area contributed by atoms with Gasteiger partial charge in [-0.3, -0.25) is 47.7 Å². The second-order valence-corrected chi connectivity index (χ2v) is 25.3. The molecule has 2 amide bonds. The lowest BCUT2D eigenvalue weighted by molar-refractivity contribution is -0.126. The van der Waals surface area contributed by atoms with Crippen LogP contribution in [0, 0.1) is 53.4 Å². The number of carbonyl (C=O) groups is 2. The Labute approximate surface area is 448 Å². The summed E-state index contributed by atoms with van der Waals surface area (Å²) in [5.74, 6) is -1.10. The molecule has 20 nitrogen and oxygen atoms in total. The van der Waals surface area contributed by atoms with Crippen LogP contribution in [-0.2, 0) is 42.7 Å². The third-order valence-electron chi connectivity index (χ3n) is 11.9. The van der Waals surface area contributed by atoms with Gasteiger partial charge in [-0.15, -0.1) is 22.7 Å². The number of hydrogen-bond donors (Lipinski definition) is 4. The van der Waals surface area contributed by atoms with Crippen molar-refractivity contribution in [2.24, 2.45) is 11.8 Å². The molecule has 6 heterocycles. The zero-order valence-electron chi connectivity index (χ0n) is 44.1. The Hall–Kier alpha value is -7.28. The van der Waals surface area contributed by atoms with Gasteiger partial charge in [0.05, 0.1) is 90.5 Å². The molecule has 76 heavy (non-hydrogen) atoms. The van der Waals surface area contributed by atoms with Gasteiger partial charge in [0.1, 0.15) is 0 Å². The molecule has 4 N–H and O–H groups in total. The van der Waals surface area contributed by atoms with E-state index in [0.29, 0.717) is 88.2 Å². The molecule has 2 atom stereocenters. The van der Waals surface area contributed by atoms with Crippen LogP contribution in [0.25, 0.3) is 44.1 Å². The molecule has 0 fully saturated rings. The number of aromatic nitrogens is 8. The first-order valence-electron chi connectivity index (χ1n) is 24.2. The molecule has 0 spiro atoms. The Bertz CT molecular complexity index is 3630. The quantitative estimate of drug-likeness (QED) is 0.0726. The van der Waals surface area contributed by atoms with E-state index < -0.39 is 31.9 Å². The normalized spacial score (nSPS) is 12.6. The predicted octanol–water partition coefficient (Wildman–Crippen LogP) is 7.60. The maximum absolute atomic E-state index is 13.3. The summed E-state index contributed by atoms with van der Waals surface area (Å²) < 4.78 is 60.6. The first-order valence-corrected chi connectivity index (χ1v) is 28.8. The van der Waals surface area contributed by atoms with Crippen molar-refractivity contribution in [1.82, 2.24) is 49.7 Å². The van der Waals surface area contributed by atoms with Crippen LogP contribution in [0.3, 0.4) is 0 Å². The third-order valence-corrected chi connectivity index (χ3v) is 18.0. The Balaban J connectivity index is 0.000000221. The second-order valence-electron chi connectivity index (χ2n) is 19.1. The molecule has 0 saturated heterocycles. The van der Waals surface area contributed by atoms with E-state index in [-0.39, 0.29) is 56.5 Å². The maximum atomic E-state index is 13.3. The van der Waals surface area contributed by atoms with Gasteiger partial charge in [0.25, 0.3) is 31.2 Å². The highest BCUT2D eigenvalue weighted by Crippen LogP contribution is 2.32. The van der Waals surface area contributed by atoms with Crippen molar-refractivity contribution in [2.75, 3.05) is 9.44 Å². The predicted molar refractivity (Wildman–Crippen MR) is 298 cm³/mol. The molecule has 8 rings (SSSR count). The fourth-order valence-corrected chi connectivity index (χ4v) is 13.2. The molecular weight excluding hydrogens is 1050 g/mol. The van der Waals surface area contributed by atoms with Crippen LogP contribution >= 0.6 is 22.7 Å². The van der Waals surface area contributed by atoms with Crippen molar-refractivity contribution >= 4 is 87.7 Å². The number of thiazole rings is 2. The van der Waals surface area contributed by atoms with E-state index >= 15 is 0 Å². The van der Waals surface area contributed by atoms with Crippen LogP contribution in [0.2, 0.25) is 0 Å². The maximum Gasteiger partial charge on any atom is 0.273 e. The summed E-state index contributed by atoms with van der Waals surface area (Å²) in [6.07, 6.45) is 6.16. The Morgan fingerprint density at radius 1 is 0.526 bits per heavy atom. The SMILES string of the molecule is Cc1nc(C)c(S(=O)(=O)Nc2cc(-c3ccc4ncn(C[C@@H](C)C(=O)NC(C)C)c(=O)c4c3)cnc2C)s1.Cc1nc(C)c(S(=O)(=O)Nc2cc(-c3ccc4ncn(C[C@H](C)C(=O)NC(C)C)c(=O)c4c3)cnc2C)s1. The number of nitrogens with zero attached hydrogens (tertiary/aromatic N) is 8. The van der Waals surface area contributed by atoms with Crippen molar-refractivity contribution in [1.29, 1.82) is 0 Å². The number of fused-ring (bicyclic) bond motifs is 2. The lowest BCUT2D eigenvalue weighted by Crippen LogP contribution is -2.37. The number of sulfonamides is 2. The van der Waals surface area contributed by atoms with Gasteiger partial charge in [0, 0.05) is 48.7 Å². The Morgan fingerprint density at radius 2 is 0.895 bits per heavy atom. The average molecular weight is 1110 g/mol. The van der Waals surface area contributed by atoms with E-state index in [1.165, 1.54) is 21.8 Å². The van der Waals surface area contributed by atoms with Gasteiger partial charge in [-0.1, -0.05) is 26.0 Å². The highest BCUT2D eigenvalue weighted by molar-refractivity contribution is 7.95. The number of pyridine rings is 2. The number of amides is 2. The van der Waals surface area contributed by atoms with Gasteiger partial charge in [0.15, 0.2) is 8.42 Å². The number of hydrogen-bond acceptors (Lipinski definition) is 16. The summed E-state index contributed by atoms with van der Waals surface area (Å²) in [5.41, 5.74) is 5.70. The minimum Gasteiger partial charge on any atom is -0.354 e. The smallest absolute Gasteiger partial charge is 0.273 e. The lowest BCUT2D eigenvalue weighted by Gasteiger charge is -2.16. The Morgan fingerprint density at radius 3 is 1.22 bits per heavy atom. The minimum absolute atomic E-state index is 0.00608. The van der Waals surface area contributed by atoms with E-state index in [1.807, 2.05) is 27.7 Å². The van der Waals surface area contributed by atoms with E-state index in [9.17, 15) is 36.0 Å². The molecule has 0 bridgehead atoms. The number of anilines is 2. The third kappa shape index (κ3) is 13.0. The number of benzene rings is 2. The molecule has 24 heteroatoms. The molecule has 0 radical (unpaired) electrons. The second kappa shape index (κ2) is 22.9. The largest absolute Gasteiger partial charge is 0.354 e. The van der Waals surface area contributed by atoms with E-state index in [1.54, 1.807) is 116 Å². The van der Waals surface area contributed by atoms with Crippen LogP contribution in [0.5, 0.6) is 0 Å². The topological polar surface area (TPSA) is 272 Å². The average Bonchev–Trinajstić information content (AvgIpc) is 3.90. The first kappa shape index (κ1) is 56.4. The van der Waals surface area contributed by atoms with E-state index in [0.717, 1.165) is 22.7 Å². The molecule has 6 aromatic heterocycles. The molecule has 8 aromatic rings. The summed E-state index contributed by atoms with van der Waals surface area (Å²) in [5, 5.41) is 7.82. The minimum atomic E-state index is -3.85. The van der Waals surface area contributed by atoms with Gasteiger partial charge in [-0.2, -0.15) is 0 Å². The van der Waals surface area contributed by atoms with Gasteiger partial charge in [-0.25, -0.2) is 36.8 Å². The number of nitrogens with one attached hydrogen (secondary N) is 4. The fourth-order valence-electron chi connectivity index (χ4n) is 8.04. The lowest BCUT2D eigenvalue weighted by atomic mass is 10.0. The van der Waals surface area contributed by atoms with Gasteiger partial charge in [-0.05, 0) is 117 Å². The summed E-state index contributed by atoms with van der Waals surface area (Å²) in [6.45, 7) is 21.7. The van der Waals surface area contributed by atoms with Gasteiger partial charge in [0.2, 0.25) is 11.8 Å². The molecule has 400 valence electrons. The van der Waals surface area contributed by atoms with E-state index in [4.69, 9.17) is 0 Å². The van der Waals surface area contributed by atoms with Crippen LogP contribution in [0.1, 0.15) is 74.3 Å². The van der Waals surface area contributed by atoms with Crippen molar-refractivity contribution < 1.29 is 26.4 Å². The standard InChI is InChI=1S/2C26H30N6O4S2/c2*1-14(2)29-24(33)15(3)12-32-13-28-22-8-7-19(9-21(22)25(32)34)20-10-23(16(4)27-11-20)31-38(35,36)26-17(5)30-18(6)37-26/h2*7-11,13-15,31H,12H2,1-6H3,(H,29,33)/t2*15-/m10/s1.